The van der Waals surface area contributed by atoms with Crippen LogP contribution in [0.3, 0.4) is 0 Å². The molecular weight excluding hydrogens is 400 g/mol. The predicted octanol–water partition coefficient (Wildman–Crippen LogP) is 3.37. The molecule has 0 saturated heterocycles. The van der Waals surface area contributed by atoms with Crippen molar-refractivity contribution in [3.63, 3.8) is 0 Å². The number of aryl methyl sites for hydroxylation is 1. The first kappa shape index (κ1) is 21.5. The molecule has 0 fully saturated rings. The van der Waals surface area contributed by atoms with E-state index in [2.05, 4.69) is 20.8 Å². The lowest BCUT2D eigenvalue weighted by Gasteiger charge is -2.22. The van der Waals surface area contributed by atoms with Gasteiger partial charge in [0.2, 0.25) is 11.6 Å². The number of nitro groups is 1. The summed E-state index contributed by atoms with van der Waals surface area (Å²) in [5.41, 5.74) is 6.30. The molecule has 10 heteroatoms. The lowest BCUT2D eigenvalue weighted by atomic mass is 10.2. The summed E-state index contributed by atoms with van der Waals surface area (Å²) in [5, 5.41) is 11.8. The second-order valence-corrected chi connectivity index (χ2v) is 6.51. The topological polar surface area (TPSA) is 123 Å². The zero-order chi connectivity index (χ0) is 22.2. The fraction of sp³-hybridized carbons (Fsp3) is 0.190. The molecule has 0 bridgehead atoms. The number of aromatic nitrogens is 2. The molecule has 10 nitrogen and oxygen atoms in total. The Hall–Kier alpha value is -4.21. The van der Waals surface area contributed by atoms with Crippen LogP contribution >= 0.6 is 0 Å². The Kier molecular flexibility index (Phi) is 6.94. The molecular formula is C21H22N6O4. The minimum Gasteiger partial charge on any atom is -0.484 e. The van der Waals surface area contributed by atoms with Gasteiger partial charge < -0.3 is 9.64 Å². The normalized spacial score (nSPS) is 10.3. The third-order valence-electron chi connectivity index (χ3n) is 4.30. The molecule has 2 N–H and O–H groups in total. The highest BCUT2D eigenvalue weighted by Crippen LogP contribution is 2.35. The molecule has 2 aromatic carbocycles. The Morgan fingerprint density at radius 2 is 1.94 bits per heavy atom. The smallest absolute Gasteiger partial charge is 0.355 e. The van der Waals surface area contributed by atoms with Crippen molar-refractivity contribution in [3.05, 3.63) is 76.6 Å². The van der Waals surface area contributed by atoms with Crippen molar-refractivity contribution in [2.24, 2.45) is 0 Å². The Balaban J connectivity index is 1.78. The Morgan fingerprint density at radius 3 is 2.61 bits per heavy atom. The molecule has 0 saturated carbocycles. The second kappa shape index (κ2) is 10.0. The molecule has 1 aromatic heterocycles. The quantitative estimate of drug-likeness (QED) is 0.397. The van der Waals surface area contributed by atoms with E-state index in [0.29, 0.717) is 12.3 Å². The molecule has 31 heavy (non-hydrogen) atoms. The van der Waals surface area contributed by atoms with Crippen LogP contribution in [0.1, 0.15) is 12.5 Å². The number of nitrogens with zero attached hydrogens (tertiary/aromatic N) is 4. The summed E-state index contributed by atoms with van der Waals surface area (Å²) in [4.78, 5) is 33.1. The third-order valence-corrected chi connectivity index (χ3v) is 4.30. The number of hydrogen-bond donors (Lipinski definition) is 2. The van der Waals surface area contributed by atoms with Crippen molar-refractivity contribution >= 4 is 28.9 Å². The zero-order valence-electron chi connectivity index (χ0n) is 17.1. The molecule has 3 rings (SSSR count). The summed E-state index contributed by atoms with van der Waals surface area (Å²) in [6, 6.07) is 16.4. The minimum absolute atomic E-state index is 0.116. The molecule has 0 aliphatic carbocycles. The number of nitrogens with one attached hydrogen (secondary N) is 2. The van der Waals surface area contributed by atoms with E-state index in [1.54, 1.807) is 29.2 Å². The lowest BCUT2D eigenvalue weighted by molar-refractivity contribution is -0.383. The zero-order valence-corrected chi connectivity index (χ0v) is 17.1. The molecule has 1 heterocycles. The summed E-state index contributed by atoms with van der Waals surface area (Å²) >= 11 is 0. The van der Waals surface area contributed by atoms with Gasteiger partial charge in [0.1, 0.15) is 12.1 Å². The molecule has 0 atom stereocenters. The third kappa shape index (κ3) is 5.44. The average molecular weight is 422 g/mol. The molecule has 0 aliphatic heterocycles. The molecule has 3 aromatic rings. The molecule has 0 spiro atoms. The van der Waals surface area contributed by atoms with E-state index in [9.17, 15) is 14.9 Å². The Bertz CT molecular complexity index is 1060. The summed E-state index contributed by atoms with van der Waals surface area (Å²) in [7, 11) is 0. The van der Waals surface area contributed by atoms with Crippen LogP contribution in [0.4, 0.5) is 23.0 Å². The monoisotopic (exact) mass is 422 g/mol. The van der Waals surface area contributed by atoms with Gasteiger partial charge in [-0.1, -0.05) is 30.3 Å². The van der Waals surface area contributed by atoms with Crippen molar-refractivity contribution in [2.45, 2.75) is 13.8 Å². The number of benzene rings is 2. The maximum absolute atomic E-state index is 12.1. The van der Waals surface area contributed by atoms with Crippen molar-refractivity contribution in [3.8, 4) is 5.75 Å². The van der Waals surface area contributed by atoms with Gasteiger partial charge in [0.15, 0.2) is 6.61 Å². The summed E-state index contributed by atoms with van der Waals surface area (Å²) in [6.07, 6.45) is 1.20. The van der Waals surface area contributed by atoms with Crippen molar-refractivity contribution < 1.29 is 14.5 Å². The number of amides is 1. The van der Waals surface area contributed by atoms with E-state index in [1.807, 2.05) is 44.2 Å². The molecule has 1 amide bonds. The number of carbonyl (C=O) groups is 1. The number of rotatable bonds is 9. The van der Waals surface area contributed by atoms with Gasteiger partial charge in [-0.3, -0.25) is 25.8 Å². The first-order chi connectivity index (χ1) is 15.0. The predicted molar refractivity (Wildman–Crippen MR) is 116 cm³/mol. The van der Waals surface area contributed by atoms with Gasteiger partial charge in [-0.2, -0.15) is 0 Å². The van der Waals surface area contributed by atoms with Gasteiger partial charge in [0, 0.05) is 12.2 Å². The standard InChI is InChI=1S/C21H22N6O4/c1-3-26(16-9-7-8-15(2)12-16)21-19(27(29)30)20(22-14-23-21)25-24-18(28)13-31-17-10-5-4-6-11-17/h4-12,14H,3,13H2,1-2H3,(H,24,28)(H,22,23,25). The van der Waals surface area contributed by atoms with Gasteiger partial charge in [0.05, 0.1) is 4.92 Å². The average Bonchev–Trinajstić information content (AvgIpc) is 2.77. The van der Waals surface area contributed by atoms with E-state index in [-0.39, 0.29) is 23.9 Å². The molecule has 0 unspecified atom stereocenters. The number of anilines is 3. The molecule has 0 radical (unpaired) electrons. The van der Waals surface area contributed by atoms with Crippen LogP contribution in [0.2, 0.25) is 0 Å². The highest BCUT2D eigenvalue weighted by molar-refractivity contribution is 5.81. The van der Waals surface area contributed by atoms with Crippen LogP contribution in [-0.4, -0.2) is 34.0 Å². The Morgan fingerprint density at radius 1 is 1.16 bits per heavy atom. The maximum Gasteiger partial charge on any atom is 0.355 e. The summed E-state index contributed by atoms with van der Waals surface area (Å²) in [6.45, 7) is 3.97. The van der Waals surface area contributed by atoms with Gasteiger partial charge in [0.25, 0.3) is 5.91 Å². The van der Waals surface area contributed by atoms with Crippen molar-refractivity contribution in [1.29, 1.82) is 0 Å². The minimum atomic E-state index is -0.581. The van der Waals surface area contributed by atoms with Gasteiger partial charge in [-0.05, 0) is 43.7 Å². The van der Waals surface area contributed by atoms with Crippen LogP contribution in [-0.2, 0) is 4.79 Å². The fourth-order valence-corrected chi connectivity index (χ4v) is 2.91. The SMILES string of the molecule is CCN(c1cccc(C)c1)c1ncnc(NNC(=O)COc2ccccc2)c1[N+](=O)[O-]. The van der Waals surface area contributed by atoms with Crippen molar-refractivity contribution in [2.75, 3.05) is 23.5 Å². The molecule has 160 valence electrons. The summed E-state index contributed by atoms with van der Waals surface area (Å²) in [5.74, 6) is -0.00594. The first-order valence-corrected chi connectivity index (χ1v) is 9.56. The van der Waals surface area contributed by atoms with E-state index >= 15 is 0 Å². The largest absolute Gasteiger partial charge is 0.484 e. The van der Waals surface area contributed by atoms with E-state index in [0.717, 1.165) is 11.3 Å². The maximum atomic E-state index is 12.1. The highest BCUT2D eigenvalue weighted by atomic mass is 16.6. The van der Waals surface area contributed by atoms with Crippen LogP contribution in [0.15, 0.2) is 60.9 Å². The first-order valence-electron chi connectivity index (χ1n) is 9.56. The molecule has 0 aliphatic rings. The van der Waals surface area contributed by atoms with Crippen LogP contribution in [0, 0.1) is 17.0 Å². The second-order valence-electron chi connectivity index (χ2n) is 6.51. The summed E-state index contributed by atoms with van der Waals surface area (Å²) < 4.78 is 5.36. The van der Waals surface area contributed by atoms with E-state index in [4.69, 9.17) is 4.74 Å². The van der Waals surface area contributed by atoms with Crippen LogP contribution in [0.25, 0.3) is 0 Å². The van der Waals surface area contributed by atoms with Gasteiger partial charge in [-0.25, -0.2) is 9.97 Å². The van der Waals surface area contributed by atoms with E-state index in [1.165, 1.54) is 6.33 Å². The number of hydrazine groups is 1. The number of ether oxygens (including phenoxy) is 1. The lowest BCUT2D eigenvalue weighted by Crippen LogP contribution is -2.34. The fourth-order valence-electron chi connectivity index (χ4n) is 2.91. The number of para-hydroxylation sites is 1. The van der Waals surface area contributed by atoms with Gasteiger partial charge >= 0.3 is 5.69 Å². The van der Waals surface area contributed by atoms with Crippen LogP contribution < -0.4 is 20.5 Å². The number of hydrogen-bond acceptors (Lipinski definition) is 8. The van der Waals surface area contributed by atoms with Crippen molar-refractivity contribution in [1.82, 2.24) is 15.4 Å². The van der Waals surface area contributed by atoms with Gasteiger partial charge in [-0.15, -0.1) is 0 Å². The van der Waals surface area contributed by atoms with Crippen LogP contribution in [0.5, 0.6) is 5.75 Å². The Labute approximate surface area is 179 Å². The number of carbonyl (C=O) groups excluding carboxylic acids is 1. The van der Waals surface area contributed by atoms with E-state index < -0.39 is 10.8 Å². The highest BCUT2D eigenvalue weighted by Gasteiger charge is 2.27.